The van der Waals surface area contributed by atoms with E-state index in [1.807, 2.05) is 38.1 Å². The molecular formula is C17H20ClNO2S. The molecule has 0 heterocycles. The third-order valence-corrected chi connectivity index (χ3v) is 5.09. The lowest BCUT2D eigenvalue weighted by atomic mass is 10.0. The van der Waals surface area contributed by atoms with Gasteiger partial charge < -0.3 is 0 Å². The maximum atomic E-state index is 12.4. The summed E-state index contributed by atoms with van der Waals surface area (Å²) in [6.45, 7) is 3.98. The summed E-state index contributed by atoms with van der Waals surface area (Å²) in [5, 5.41) is 0.597. The summed E-state index contributed by atoms with van der Waals surface area (Å²) in [7, 11) is -3.41. The Labute approximate surface area is 137 Å². The molecule has 2 aromatic rings. The molecule has 0 aliphatic heterocycles. The van der Waals surface area contributed by atoms with Crippen molar-refractivity contribution in [2.45, 2.75) is 32.1 Å². The Morgan fingerprint density at radius 3 is 2.18 bits per heavy atom. The van der Waals surface area contributed by atoms with E-state index in [1.165, 1.54) is 0 Å². The van der Waals surface area contributed by atoms with Gasteiger partial charge in [0.2, 0.25) is 10.0 Å². The van der Waals surface area contributed by atoms with Gasteiger partial charge >= 0.3 is 0 Å². The van der Waals surface area contributed by atoms with Gasteiger partial charge in [-0.2, -0.15) is 0 Å². The van der Waals surface area contributed by atoms with E-state index in [2.05, 4.69) is 4.72 Å². The van der Waals surface area contributed by atoms with Gasteiger partial charge in [0.25, 0.3) is 0 Å². The van der Waals surface area contributed by atoms with E-state index in [-0.39, 0.29) is 11.8 Å². The van der Waals surface area contributed by atoms with E-state index >= 15 is 0 Å². The van der Waals surface area contributed by atoms with Crippen LogP contribution in [0.3, 0.4) is 0 Å². The summed E-state index contributed by atoms with van der Waals surface area (Å²) in [6.07, 6.45) is 0.697. The zero-order valence-corrected chi connectivity index (χ0v) is 14.3. The summed E-state index contributed by atoms with van der Waals surface area (Å²) >= 11 is 5.82. The van der Waals surface area contributed by atoms with Crippen molar-refractivity contribution in [3.05, 3.63) is 70.2 Å². The monoisotopic (exact) mass is 337 g/mol. The summed E-state index contributed by atoms with van der Waals surface area (Å²) in [5.74, 6) is -0.0491. The molecular weight excluding hydrogens is 318 g/mol. The molecule has 0 saturated carbocycles. The van der Waals surface area contributed by atoms with Crippen LogP contribution >= 0.6 is 11.6 Å². The van der Waals surface area contributed by atoms with Crippen LogP contribution in [0.4, 0.5) is 0 Å². The van der Waals surface area contributed by atoms with Gasteiger partial charge in [-0.15, -0.1) is 0 Å². The number of halogens is 1. The first-order chi connectivity index (χ1) is 10.4. The Bertz CT molecular complexity index is 709. The number of hydrogen-bond donors (Lipinski definition) is 1. The summed E-state index contributed by atoms with van der Waals surface area (Å²) in [5.41, 5.74) is 2.85. The topological polar surface area (TPSA) is 46.2 Å². The normalized spacial score (nSPS) is 13.0. The molecule has 0 fully saturated rings. The first-order valence-electron chi connectivity index (χ1n) is 7.20. The number of aryl methyl sites for hydroxylation is 1. The average molecular weight is 338 g/mol. The van der Waals surface area contributed by atoms with Crippen LogP contribution in [0.1, 0.15) is 36.1 Å². The Kier molecular flexibility index (Phi) is 5.62. The molecule has 2 aromatic carbocycles. The molecule has 0 radical (unpaired) electrons. The van der Waals surface area contributed by atoms with E-state index in [4.69, 9.17) is 11.6 Å². The molecule has 5 heteroatoms. The van der Waals surface area contributed by atoms with Crippen molar-refractivity contribution in [1.29, 1.82) is 0 Å². The molecule has 0 aromatic heterocycles. The van der Waals surface area contributed by atoms with Gasteiger partial charge in [-0.05, 0) is 36.6 Å². The van der Waals surface area contributed by atoms with Crippen LogP contribution in [-0.4, -0.2) is 8.42 Å². The lowest BCUT2D eigenvalue weighted by Crippen LogP contribution is -2.29. The predicted molar refractivity (Wildman–Crippen MR) is 91.4 cm³/mol. The van der Waals surface area contributed by atoms with Crippen LogP contribution in [0.25, 0.3) is 0 Å². The third-order valence-electron chi connectivity index (χ3n) is 3.48. The molecule has 3 nitrogen and oxygen atoms in total. The summed E-state index contributed by atoms with van der Waals surface area (Å²) in [6, 6.07) is 14.6. The quantitative estimate of drug-likeness (QED) is 0.857. The first-order valence-corrected chi connectivity index (χ1v) is 9.23. The highest BCUT2D eigenvalue weighted by molar-refractivity contribution is 7.88. The Hall–Kier alpha value is -1.36. The van der Waals surface area contributed by atoms with E-state index < -0.39 is 10.0 Å². The minimum atomic E-state index is -3.41. The Balaban J connectivity index is 2.11. The fourth-order valence-corrected chi connectivity index (χ4v) is 3.82. The maximum Gasteiger partial charge on any atom is 0.216 e. The molecule has 1 atom stereocenters. The van der Waals surface area contributed by atoms with Crippen molar-refractivity contribution in [3.8, 4) is 0 Å². The highest BCUT2D eigenvalue weighted by Gasteiger charge is 2.18. The molecule has 0 aliphatic carbocycles. The fraction of sp³-hybridized carbons (Fsp3) is 0.294. The molecule has 0 amide bonds. The SMILES string of the molecule is CCC(NS(=O)(=O)Cc1ccc(Cl)cc1)c1ccc(C)cc1. The Morgan fingerprint density at radius 2 is 1.64 bits per heavy atom. The van der Waals surface area contributed by atoms with Gasteiger partial charge in [0.1, 0.15) is 0 Å². The summed E-state index contributed by atoms with van der Waals surface area (Å²) in [4.78, 5) is 0. The van der Waals surface area contributed by atoms with Crippen LogP contribution in [0, 0.1) is 6.92 Å². The standard InChI is InChI=1S/C17H20ClNO2S/c1-3-17(15-8-4-13(2)5-9-15)19-22(20,21)12-14-6-10-16(18)11-7-14/h4-11,17,19H,3,12H2,1-2H3. The second-order valence-electron chi connectivity index (χ2n) is 5.37. The van der Waals surface area contributed by atoms with Gasteiger partial charge in [0.05, 0.1) is 5.75 Å². The van der Waals surface area contributed by atoms with Crippen LogP contribution in [0.2, 0.25) is 5.02 Å². The average Bonchev–Trinajstić information content (AvgIpc) is 2.48. The van der Waals surface area contributed by atoms with Crippen molar-refractivity contribution in [2.24, 2.45) is 0 Å². The van der Waals surface area contributed by atoms with E-state index in [1.54, 1.807) is 24.3 Å². The minimum absolute atomic E-state index is 0.0491. The van der Waals surface area contributed by atoms with Crippen molar-refractivity contribution < 1.29 is 8.42 Å². The largest absolute Gasteiger partial charge is 0.216 e. The molecule has 118 valence electrons. The third kappa shape index (κ3) is 4.83. The molecule has 0 aliphatic rings. The van der Waals surface area contributed by atoms with Crippen molar-refractivity contribution >= 4 is 21.6 Å². The van der Waals surface area contributed by atoms with Crippen LogP contribution in [0.15, 0.2) is 48.5 Å². The van der Waals surface area contributed by atoms with Gasteiger partial charge in [0.15, 0.2) is 0 Å². The van der Waals surface area contributed by atoms with Gasteiger partial charge in [-0.1, -0.05) is 60.5 Å². The van der Waals surface area contributed by atoms with Crippen molar-refractivity contribution in [2.75, 3.05) is 0 Å². The number of rotatable bonds is 6. The second-order valence-corrected chi connectivity index (χ2v) is 7.57. The molecule has 1 N–H and O–H groups in total. The van der Waals surface area contributed by atoms with Crippen LogP contribution < -0.4 is 4.72 Å². The number of nitrogens with one attached hydrogen (secondary N) is 1. The zero-order chi connectivity index (χ0) is 16.2. The molecule has 0 bridgehead atoms. The second kappa shape index (κ2) is 7.27. The lowest BCUT2D eigenvalue weighted by Gasteiger charge is -2.18. The summed E-state index contributed by atoms with van der Waals surface area (Å²) < 4.78 is 27.5. The Morgan fingerprint density at radius 1 is 1.05 bits per heavy atom. The lowest BCUT2D eigenvalue weighted by molar-refractivity contribution is 0.549. The van der Waals surface area contributed by atoms with Crippen molar-refractivity contribution in [1.82, 2.24) is 4.72 Å². The fourth-order valence-electron chi connectivity index (χ4n) is 2.24. The first kappa shape index (κ1) is 17.0. The highest BCUT2D eigenvalue weighted by atomic mass is 35.5. The van der Waals surface area contributed by atoms with E-state index in [9.17, 15) is 8.42 Å². The molecule has 0 saturated heterocycles. The molecule has 0 spiro atoms. The van der Waals surface area contributed by atoms with Crippen LogP contribution in [-0.2, 0) is 15.8 Å². The van der Waals surface area contributed by atoms with E-state index in [0.29, 0.717) is 11.4 Å². The van der Waals surface area contributed by atoms with Gasteiger partial charge in [-0.25, -0.2) is 13.1 Å². The predicted octanol–water partition coefficient (Wildman–Crippen LogP) is 4.22. The zero-order valence-electron chi connectivity index (χ0n) is 12.7. The van der Waals surface area contributed by atoms with Crippen LogP contribution in [0.5, 0.6) is 0 Å². The van der Waals surface area contributed by atoms with Gasteiger partial charge in [-0.3, -0.25) is 0 Å². The highest BCUT2D eigenvalue weighted by Crippen LogP contribution is 2.19. The number of sulfonamides is 1. The van der Waals surface area contributed by atoms with Gasteiger partial charge in [0, 0.05) is 11.1 Å². The minimum Gasteiger partial charge on any atom is -0.212 e. The van der Waals surface area contributed by atoms with Crippen molar-refractivity contribution in [3.63, 3.8) is 0 Å². The smallest absolute Gasteiger partial charge is 0.212 e. The molecule has 1 unspecified atom stereocenters. The molecule has 22 heavy (non-hydrogen) atoms. The number of hydrogen-bond acceptors (Lipinski definition) is 2. The molecule has 2 rings (SSSR count). The maximum absolute atomic E-state index is 12.4. The number of benzene rings is 2. The van der Waals surface area contributed by atoms with E-state index in [0.717, 1.165) is 16.7 Å².